The molecular formula is C12H16NO2+. The third-order valence-corrected chi connectivity index (χ3v) is 2.01. The molecule has 0 atom stereocenters. The minimum absolute atomic E-state index is 0.0349. The number of rotatable bonds is 4. The number of hydrogen-bond acceptors (Lipinski definition) is 2. The second-order valence-electron chi connectivity index (χ2n) is 3.33. The Morgan fingerprint density at radius 3 is 2.40 bits per heavy atom. The van der Waals surface area contributed by atoms with Gasteiger partial charge in [0.25, 0.3) is 5.71 Å². The Balaban J connectivity index is 2.99. The molecule has 80 valence electrons. The van der Waals surface area contributed by atoms with Gasteiger partial charge in [0.15, 0.2) is 6.61 Å². The number of carbonyl (C=O) groups is 1. The molecule has 0 aliphatic heterocycles. The lowest BCUT2D eigenvalue weighted by Gasteiger charge is -1.97. The van der Waals surface area contributed by atoms with E-state index in [9.17, 15) is 4.79 Å². The molecular weight excluding hydrogens is 190 g/mol. The average Bonchev–Trinajstić information content (AvgIpc) is 2.21. The summed E-state index contributed by atoms with van der Waals surface area (Å²) in [5.41, 5.74) is 2.51. The highest BCUT2D eigenvalue weighted by Crippen LogP contribution is 2.02. The largest absolute Gasteiger partial charge is 0.297 e. The van der Waals surface area contributed by atoms with E-state index in [4.69, 9.17) is 4.84 Å². The fourth-order valence-corrected chi connectivity index (χ4v) is 1.20. The molecule has 1 rings (SSSR count). The second-order valence-corrected chi connectivity index (χ2v) is 3.33. The zero-order valence-corrected chi connectivity index (χ0v) is 9.33. The van der Waals surface area contributed by atoms with Crippen LogP contribution in [0.3, 0.4) is 0 Å². The number of ketones is 1. The van der Waals surface area contributed by atoms with Crippen molar-refractivity contribution in [1.82, 2.24) is 0 Å². The van der Waals surface area contributed by atoms with Gasteiger partial charge in [-0.05, 0) is 31.1 Å². The van der Waals surface area contributed by atoms with Crippen molar-refractivity contribution in [1.29, 1.82) is 0 Å². The first-order chi connectivity index (χ1) is 7.15. The van der Waals surface area contributed by atoms with Gasteiger partial charge < -0.3 is 0 Å². The van der Waals surface area contributed by atoms with Crippen LogP contribution in [0.15, 0.2) is 24.3 Å². The number of carbonyl (C=O) groups excluding carboxylic acids is 1. The van der Waals surface area contributed by atoms with Gasteiger partial charge in [-0.3, -0.25) is 9.63 Å². The van der Waals surface area contributed by atoms with Crippen LogP contribution in [0.1, 0.15) is 25.0 Å². The minimum Gasteiger partial charge on any atom is -0.288 e. The SMILES string of the molecule is CCO/[NH+]=C(/C(C)=O)c1ccc(C)cc1. The lowest BCUT2D eigenvalue weighted by molar-refractivity contribution is -0.751. The van der Waals surface area contributed by atoms with Gasteiger partial charge >= 0.3 is 0 Å². The lowest BCUT2D eigenvalue weighted by Crippen LogP contribution is -2.73. The first kappa shape index (κ1) is 11.4. The Kier molecular flexibility index (Phi) is 4.03. The Labute approximate surface area is 89.7 Å². The molecule has 3 heteroatoms. The monoisotopic (exact) mass is 206 g/mol. The first-order valence-corrected chi connectivity index (χ1v) is 4.98. The zero-order chi connectivity index (χ0) is 11.3. The molecule has 0 spiro atoms. The Morgan fingerprint density at radius 2 is 1.93 bits per heavy atom. The molecule has 0 aliphatic rings. The Hall–Kier alpha value is -1.64. The van der Waals surface area contributed by atoms with Crippen LogP contribution >= 0.6 is 0 Å². The van der Waals surface area contributed by atoms with Crippen molar-refractivity contribution in [3.8, 4) is 0 Å². The van der Waals surface area contributed by atoms with Crippen molar-refractivity contribution in [3.63, 3.8) is 0 Å². The van der Waals surface area contributed by atoms with Crippen LogP contribution in [0, 0.1) is 6.92 Å². The maximum absolute atomic E-state index is 11.4. The number of Topliss-reactive ketones (excluding diaryl/α,β-unsaturated/α-hetero) is 1. The first-order valence-electron chi connectivity index (χ1n) is 4.98. The van der Waals surface area contributed by atoms with E-state index in [2.05, 4.69) is 5.16 Å². The van der Waals surface area contributed by atoms with Crippen LogP contribution in [0.25, 0.3) is 0 Å². The predicted molar refractivity (Wildman–Crippen MR) is 58.6 cm³/mol. The fourth-order valence-electron chi connectivity index (χ4n) is 1.20. The van der Waals surface area contributed by atoms with E-state index in [-0.39, 0.29) is 5.78 Å². The topological polar surface area (TPSA) is 40.3 Å². The molecule has 0 saturated heterocycles. The van der Waals surface area contributed by atoms with Crippen molar-refractivity contribution in [2.45, 2.75) is 20.8 Å². The molecule has 0 aliphatic carbocycles. The van der Waals surface area contributed by atoms with Gasteiger partial charge in [0.05, 0.1) is 5.56 Å². The normalized spacial score (nSPS) is 11.3. The van der Waals surface area contributed by atoms with Crippen LogP contribution < -0.4 is 5.16 Å². The summed E-state index contributed by atoms with van der Waals surface area (Å²) in [6, 6.07) is 7.73. The highest BCUT2D eigenvalue weighted by molar-refractivity contribution is 6.42. The van der Waals surface area contributed by atoms with Crippen molar-refractivity contribution in [2.75, 3.05) is 6.61 Å². The lowest BCUT2D eigenvalue weighted by atomic mass is 10.1. The molecule has 1 aromatic carbocycles. The molecule has 0 heterocycles. The molecule has 0 unspecified atom stereocenters. The number of hydrogen-bond donors (Lipinski definition) is 1. The van der Waals surface area contributed by atoms with Gasteiger partial charge in [-0.1, -0.05) is 17.7 Å². The summed E-state index contributed by atoms with van der Waals surface area (Å²) in [7, 11) is 0. The molecule has 15 heavy (non-hydrogen) atoms. The average molecular weight is 206 g/mol. The summed E-state index contributed by atoms with van der Waals surface area (Å²) >= 11 is 0. The standard InChI is InChI=1S/C12H15NO2/c1-4-15-13-12(10(3)14)11-7-5-9(2)6-8-11/h5-8H,4H2,1-3H3/p+1/b13-12-. The molecule has 1 N–H and O–H groups in total. The summed E-state index contributed by atoms with van der Waals surface area (Å²) in [5.74, 6) is -0.0349. The maximum atomic E-state index is 11.4. The van der Waals surface area contributed by atoms with E-state index < -0.39 is 0 Å². The third kappa shape index (κ3) is 3.20. The molecule has 0 radical (unpaired) electrons. The molecule has 0 aromatic heterocycles. The summed E-state index contributed by atoms with van der Waals surface area (Å²) < 4.78 is 0. The quantitative estimate of drug-likeness (QED) is 0.572. The Bertz CT molecular complexity index is 366. The summed E-state index contributed by atoms with van der Waals surface area (Å²) in [4.78, 5) is 16.4. The number of benzene rings is 1. The summed E-state index contributed by atoms with van der Waals surface area (Å²) in [6.45, 7) is 5.90. The summed E-state index contributed by atoms with van der Waals surface area (Å²) in [6.07, 6.45) is 0. The minimum atomic E-state index is -0.0349. The van der Waals surface area contributed by atoms with Crippen LogP contribution in [0.2, 0.25) is 0 Å². The van der Waals surface area contributed by atoms with Gasteiger partial charge in [0, 0.05) is 6.92 Å². The van der Waals surface area contributed by atoms with Crippen molar-refractivity contribution in [3.05, 3.63) is 35.4 Å². The zero-order valence-electron chi connectivity index (χ0n) is 9.33. The van der Waals surface area contributed by atoms with E-state index in [1.54, 1.807) is 0 Å². The van der Waals surface area contributed by atoms with E-state index in [0.717, 1.165) is 11.1 Å². The van der Waals surface area contributed by atoms with E-state index in [1.807, 2.05) is 38.1 Å². The fraction of sp³-hybridized carbons (Fsp3) is 0.333. The maximum Gasteiger partial charge on any atom is 0.297 e. The van der Waals surface area contributed by atoms with Crippen LogP contribution in [-0.2, 0) is 9.63 Å². The Morgan fingerprint density at radius 1 is 1.33 bits per heavy atom. The third-order valence-electron chi connectivity index (χ3n) is 2.01. The van der Waals surface area contributed by atoms with E-state index in [1.165, 1.54) is 6.92 Å². The smallest absolute Gasteiger partial charge is 0.288 e. The molecule has 3 nitrogen and oxygen atoms in total. The van der Waals surface area contributed by atoms with E-state index >= 15 is 0 Å². The van der Waals surface area contributed by atoms with Gasteiger partial charge in [-0.15, -0.1) is 0 Å². The second kappa shape index (κ2) is 5.29. The molecule has 0 bridgehead atoms. The predicted octanol–water partition coefficient (Wildman–Crippen LogP) is 0.405. The summed E-state index contributed by atoms with van der Waals surface area (Å²) in [5, 5.41) is 2.67. The highest BCUT2D eigenvalue weighted by atomic mass is 16.6. The molecule has 0 amide bonds. The van der Waals surface area contributed by atoms with Gasteiger partial charge in [0.2, 0.25) is 5.78 Å². The van der Waals surface area contributed by atoms with Crippen LogP contribution in [0.5, 0.6) is 0 Å². The van der Waals surface area contributed by atoms with Crippen molar-refractivity contribution < 1.29 is 14.8 Å². The van der Waals surface area contributed by atoms with Crippen LogP contribution in [-0.4, -0.2) is 18.1 Å². The van der Waals surface area contributed by atoms with Gasteiger partial charge in [-0.2, -0.15) is 0 Å². The molecule has 0 fully saturated rings. The van der Waals surface area contributed by atoms with E-state index in [0.29, 0.717) is 12.3 Å². The highest BCUT2D eigenvalue weighted by Gasteiger charge is 2.16. The number of nitrogens with one attached hydrogen (secondary N) is 1. The molecule has 1 aromatic rings. The van der Waals surface area contributed by atoms with Gasteiger partial charge in [0.1, 0.15) is 0 Å². The number of aryl methyl sites for hydroxylation is 1. The van der Waals surface area contributed by atoms with Crippen molar-refractivity contribution in [2.24, 2.45) is 0 Å². The van der Waals surface area contributed by atoms with Crippen LogP contribution in [0.4, 0.5) is 0 Å². The molecule has 0 saturated carbocycles. The van der Waals surface area contributed by atoms with Gasteiger partial charge in [-0.25, -0.2) is 0 Å². The van der Waals surface area contributed by atoms with Crippen molar-refractivity contribution >= 4 is 11.5 Å².